The summed E-state index contributed by atoms with van der Waals surface area (Å²) >= 11 is 0. The predicted octanol–water partition coefficient (Wildman–Crippen LogP) is 1.82. The molecule has 0 fully saturated rings. The van der Waals surface area contributed by atoms with E-state index >= 15 is 0 Å². The molecule has 18 heavy (non-hydrogen) atoms. The van der Waals surface area contributed by atoms with Crippen molar-refractivity contribution in [2.75, 3.05) is 25.5 Å². The van der Waals surface area contributed by atoms with Crippen molar-refractivity contribution in [2.24, 2.45) is 5.73 Å². The van der Waals surface area contributed by atoms with E-state index in [0.29, 0.717) is 13.1 Å². The molecule has 0 aliphatic rings. The number of nitrogens with one attached hydrogen (secondary N) is 1. The van der Waals surface area contributed by atoms with Gasteiger partial charge in [0, 0.05) is 12.2 Å². The zero-order valence-electron chi connectivity index (χ0n) is 11.3. The first kappa shape index (κ1) is 14.7. The van der Waals surface area contributed by atoms with Crippen LogP contribution < -0.4 is 11.1 Å². The Balaban J connectivity index is 2.49. The molecular weight excluding hydrogens is 226 g/mol. The van der Waals surface area contributed by atoms with Crippen LogP contribution >= 0.6 is 0 Å². The van der Waals surface area contributed by atoms with Crippen LogP contribution in [0.2, 0.25) is 0 Å². The Morgan fingerprint density at radius 2 is 2.11 bits per heavy atom. The Morgan fingerprint density at radius 3 is 2.78 bits per heavy atom. The molecule has 0 aromatic heterocycles. The number of nitrogens with two attached hydrogens (primary N) is 1. The lowest BCUT2D eigenvalue weighted by Crippen LogP contribution is -2.31. The highest BCUT2D eigenvalue weighted by atomic mass is 16.2. The largest absolute Gasteiger partial charge is 0.326 e. The minimum absolute atomic E-state index is 0.00880. The van der Waals surface area contributed by atoms with Gasteiger partial charge in [-0.25, -0.2) is 0 Å². The third-order valence-electron chi connectivity index (χ3n) is 2.82. The second-order valence-electron chi connectivity index (χ2n) is 4.50. The van der Waals surface area contributed by atoms with Crippen LogP contribution in [0.25, 0.3) is 0 Å². The second kappa shape index (κ2) is 7.84. The fourth-order valence-electron chi connectivity index (χ4n) is 1.76. The molecular formula is C14H23N3O. The van der Waals surface area contributed by atoms with E-state index in [1.165, 1.54) is 0 Å². The van der Waals surface area contributed by atoms with E-state index in [-0.39, 0.29) is 5.91 Å². The molecule has 3 N–H and O–H groups in total. The molecule has 0 aliphatic carbocycles. The molecule has 1 aromatic rings. The van der Waals surface area contributed by atoms with Gasteiger partial charge in [-0.1, -0.05) is 31.5 Å². The Hall–Kier alpha value is -1.39. The lowest BCUT2D eigenvalue weighted by molar-refractivity contribution is -0.117. The van der Waals surface area contributed by atoms with Crippen molar-refractivity contribution in [3.05, 3.63) is 29.8 Å². The van der Waals surface area contributed by atoms with E-state index in [9.17, 15) is 4.79 Å². The van der Waals surface area contributed by atoms with Gasteiger partial charge in [-0.3, -0.25) is 9.69 Å². The average molecular weight is 249 g/mol. The van der Waals surface area contributed by atoms with Gasteiger partial charge in [0.05, 0.1) is 6.54 Å². The monoisotopic (exact) mass is 249 g/mol. The van der Waals surface area contributed by atoms with Crippen molar-refractivity contribution >= 4 is 11.6 Å². The van der Waals surface area contributed by atoms with E-state index < -0.39 is 0 Å². The minimum atomic E-state index is 0.00880. The first-order valence-electron chi connectivity index (χ1n) is 6.43. The second-order valence-corrected chi connectivity index (χ2v) is 4.50. The number of para-hydroxylation sites is 1. The summed E-state index contributed by atoms with van der Waals surface area (Å²) in [5.74, 6) is 0.00880. The number of anilines is 1. The summed E-state index contributed by atoms with van der Waals surface area (Å²) in [4.78, 5) is 13.9. The van der Waals surface area contributed by atoms with Gasteiger partial charge in [0.2, 0.25) is 5.91 Å². The van der Waals surface area contributed by atoms with Crippen molar-refractivity contribution in [1.29, 1.82) is 0 Å². The molecule has 0 heterocycles. The first-order valence-corrected chi connectivity index (χ1v) is 6.43. The van der Waals surface area contributed by atoms with Gasteiger partial charge in [-0.2, -0.15) is 0 Å². The number of nitrogens with zero attached hydrogens (tertiary/aromatic N) is 1. The molecule has 100 valence electrons. The Bertz CT molecular complexity index is 379. The Kier molecular flexibility index (Phi) is 6.39. The molecule has 0 bridgehead atoms. The smallest absolute Gasteiger partial charge is 0.238 e. The van der Waals surface area contributed by atoms with E-state index in [4.69, 9.17) is 5.73 Å². The van der Waals surface area contributed by atoms with E-state index in [1.54, 1.807) is 0 Å². The first-order chi connectivity index (χ1) is 8.67. The number of unbranched alkanes of at least 4 members (excludes halogenated alkanes) is 1. The van der Waals surface area contributed by atoms with Crippen LogP contribution in [0.15, 0.2) is 24.3 Å². The fourth-order valence-corrected chi connectivity index (χ4v) is 1.76. The van der Waals surface area contributed by atoms with Crippen LogP contribution in [0.5, 0.6) is 0 Å². The number of amides is 1. The number of likely N-dealkylation sites (N-methyl/N-ethyl adjacent to an activating group) is 1. The fraction of sp³-hybridized carbons (Fsp3) is 0.500. The summed E-state index contributed by atoms with van der Waals surface area (Å²) in [6.07, 6.45) is 2.26. The summed E-state index contributed by atoms with van der Waals surface area (Å²) < 4.78 is 0. The van der Waals surface area contributed by atoms with Gasteiger partial charge in [0.25, 0.3) is 0 Å². The van der Waals surface area contributed by atoms with E-state index in [2.05, 4.69) is 12.2 Å². The lowest BCUT2D eigenvalue weighted by atomic mass is 10.2. The molecule has 0 atom stereocenters. The molecule has 1 amide bonds. The molecule has 0 unspecified atom stereocenters. The third-order valence-corrected chi connectivity index (χ3v) is 2.82. The molecule has 0 saturated carbocycles. The summed E-state index contributed by atoms with van der Waals surface area (Å²) in [6, 6.07) is 7.63. The maximum Gasteiger partial charge on any atom is 0.238 e. The van der Waals surface area contributed by atoms with Crippen LogP contribution in [0.1, 0.15) is 25.3 Å². The minimum Gasteiger partial charge on any atom is -0.326 e. The van der Waals surface area contributed by atoms with Crippen LogP contribution in [0, 0.1) is 0 Å². The van der Waals surface area contributed by atoms with Crippen LogP contribution in [0.4, 0.5) is 5.69 Å². The summed E-state index contributed by atoms with van der Waals surface area (Å²) in [5, 5.41) is 2.91. The summed E-state index contributed by atoms with van der Waals surface area (Å²) in [6.45, 7) is 3.94. The Labute approximate surface area is 109 Å². The predicted molar refractivity (Wildman–Crippen MR) is 75.4 cm³/mol. The van der Waals surface area contributed by atoms with Gasteiger partial charge >= 0.3 is 0 Å². The van der Waals surface area contributed by atoms with Crippen LogP contribution in [0.3, 0.4) is 0 Å². The van der Waals surface area contributed by atoms with E-state index in [1.807, 2.05) is 36.2 Å². The van der Waals surface area contributed by atoms with Crippen molar-refractivity contribution in [1.82, 2.24) is 4.90 Å². The molecule has 0 aliphatic heterocycles. The van der Waals surface area contributed by atoms with Crippen LogP contribution in [-0.4, -0.2) is 30.9 Å². The Morgan fingerprint density at radius 1 is 1.39 bits per heavy atom. The molecule has 1 rings (SSSR count). The maximum atomic E-state index is 11.9. The number of carbonyl (C=O) groups excluding carboxylic acids is 1. The van der Waals surface area contributed by atoms with Crippen molar-refractivity contribution in [2.45, 2.75) is 26.3 Å². The van der Waals surface area contributed by atoms with Gasteiger partial charge in [0.15, 0.2) is 0 Å². The number of rotatable bonds is 7. The summed E-state index contributed by atoms with van der Waals surface area (Å²) in [5.41, 5.74) is 7.41. The highest BCUT2D eigenvalue weighted by molar-refractivity contribution is 5.92. The highest BCUT2D eigenvalue weighted by Gasteiger charge is 2.08. The normalized spacial score (nSPS) is 10.7. The highest BCUT2D eigenvalue weighted by Crippen LogP contribution is 2.13. The molecule has 0 saturated heterocycles. The number of hydrogen-bond donors (Lipinski definition) is 2. The van der Waals surface area contributed by atoms with Crippen molar-refractivity contribution < 1.29 is 4.79 Å². The zero-order valence-corrected chi connectivity index (χ0v) is 11.3. The van der Waals surface area contributed by atoms with Crippen molar-refractivity contribution in [3.8, 4) is 0 Å². The maximum absolute atomic E-state index is 11.9. The SMILES string of the molecule is CCCCN(C)CC(=O)Nc1ccccc1CN. The van der Waals surface area contributed by atoms with Crippen LogP contribution in [-0.2, 0) is 11.3 Å². The third kappa shape index (κ3) is 4.85. The van der Waals surface area contributed by atoms with Gasteiger partial charge in [-0.05, 0) is 31.6 Å². The van der Waals surface area contributed by atoms with Gasteiger partial charge < -0.3 is 11.1 Å². The number of carbonyl (C=O) groups is 1. The molecule has 0 radical (unpaired) electrons. The zero-order chi connectivity index (χ0) is 13.4. The molecule has 4 nitrogen and oxygen atoms in total. The summed E-state index contributed by atoms with van der Waals surface area (Å²) in [7, 11) is 1.96. The topological polar surface area (TPSA) is 58.4 Å². The van der Waals surface area contributed by atoms with Gasteiger partial charge in [-0.15, -0.1) is 0 Å². The van der Waals surface area contributed by atoms with E-state index in [0.717, 1.165) is 30.6 Å². The van der Waals surface area contributed by atoms with Gasteiger partial charge in [0.1, 0.15) is 0 Å². The average Bonchev–Trinajstić information content (AvgIpc) is 2.36. The number of benzene rings is 1. The molecule has 1 aromatic carbocycles. The van der Waals surface area contributed by atoms with Crippen molar-refractivity contribution in [3.63, 3.8) is 0 Å². The quantitative estimate of drug-likeness (QED) is 0.775. The molecule has 4 heteroatoms. The molecule has 0 spiro atoms. The lowest BCUT2D eigenvalue weighted by Gasteiger charge is -2.16. The number of hydrogen-bond acceptors (Lipinski definition) is 3. The standard InChI is InChI=1S/C14H23N3O/c1-3-4-9-17(2)11-14(18)16-13-8-6-5-7-12(13)10-15/h5-8H,3-4,9-11,15H2,1-2H3,(H,16,18).